The van der Waals surface area contributed by atoms with E-state index in [-0.39, 0.29) is 6.10 Å². The molecule has 5 nitrogen and oxygen atoms in total. The van der Waals surface area contributed by atoms with Crippen LogP contribution in [-0.4, -0.2) is 11.6 Å². The Hall–Kier alpha value is -2.69. The topological polar surface area (TPSA) is 64.5 Å². The van der Waals surface area contributed by atoms with Crippen molar-refractivity contribution in [3.05, 3.63) is 58.6 Å². The van der Waals surface area contributed by atoms with Gasteiger partial charge in [0.1, 0.15) is 6.61 Å². The van der Waals surface area contributed by atoms with Gasteiger partial charge in [-0.2, -0.15) is 0 Å². The van der Waals surface area contributed by atoms with Crippen LogP contribution in [0.15, 0.2) is 51.7 Å². The Morgan fingerprint density at radius 1 is 1.05 bits per heavy atom. The number of H-pyrrole nitrogens is 1. The Labute approximate surface area is 113 Å². The molecule has 2 aromatic carbocycles. The second-order valence-electron chi connectivity index (χ2n) is 4.60. The molecular weight excluding hydrogens is 258 g/mol. The second kappa shape index (κ2) is 4.16. The van der Waals surface area contributed by atoms with E-state index in [1.807, 2.05) is 36.4 Å². The van der Waals surface area contributed by atoms with Crippen molar-refractivity contribution in [3.63, 3.8) is 0 Å². The van der Waals surface area contributed by atoms with Gasteiger partial charge in [-0.25, -0.2) is 4.79 Å². The highest BCUT2D eigenvalue weighted by Crippen LogP contribution is 2.37. The predicted molar refractivity (Wildman–Crippen MR) is 72.1 cm³/mol. The molecule has 4 rings (SSSR count). The van der Waals surface area contributed by atoms with Crippen molar-refractivity contribution in [3.8, 4) is 11.5 Å². The summed E-state index contributed by atoms with van der Waals surface area (Å²) < 4.78 is 16.7. The Morgan fingerprint density at radius 2 is 1.90 bits per heavy atom. The lowest BCUT2D eigenvalue weighted by Gasteiger charge is -2.26. The monoisotopic (exact) mass is 269 g/mol. The molecule has 1 aliphatic rings. The molecule has 0 amide bonds. The van der Waals surface area contributed by atoms with Gasteiger partial charge in [0.05, 0.1) is 5.52 Å². The molecule has 0 spiro atoms. The van der Waals surface area contributed by atoms with Gasteiger partial charge in [0.25, 0.3) is 0 Å². The molecule has 3 aromatic rings. The van der Waals surface area contributed by atoms with Crippen LogP contribution in [0.1, 0.15) is 11.7 Å². The van der Waals surface area contributed by atoms with Crippen LogP contribution >= 0.6 is 0 Å². The highest BCUT2D eigenvalue weighted by Gasteiger charge is 2.24. The van der Waals surface area contributed by atoms with Gasteiger partial charge in [0, 0.05) is 5.56 Å². The van der Waals surface area contributed by atoms with Crippen molar-refractivity contribution < 1.29 is 13.9 Å². The quantitative estimate of drug-likeness (QED) is 0.737. The summed E-state index contributed by atoms with van der Waals surface area (Å²) in [6.45, 7) is 0.392. The summed E-state index contributed by atoms with van der Waals surface area (Å²) in [4.78, 5) is 14.0. The SMILES string of the molecule is O=c1[nH]c2c(C3COc4ccccc4O3)cccc2o1. The van der Waals surface area contributed by atoms with E-state index in [1.165, 1.54) is 0 Å². The summed E-state index contributed by atoms with van der Waals surface area (Å²) in [7, 11) is 0. The number of nitrogens with one attached hydrogen (secondary N) is 1. The standard InChI is InChI=1S/C15H11NO4/c17-15-16-14-9(4-3-7-12(14)20-15)13-8-18-10-5-1-2-6-11(10)19-13/h1-7,13H,8H2,(H,16,17). The molecule has 2 heterocycles. The molecule has 20 heavy (non-hydrogen) atoms. The third-order valence-corrected chi connectivity index (χ3v) is 3.34. The van der Waals surface area contributed by atoms with Crippen LogP contribution in [0.25, 0.3) is 11.1 Å². The Kier molecular flexibility index (Phi) is 2.32. The maximum atomic E-state index is 11.3. The summed E-state index contributed by atoms with van der Waals surface area (Å²) >= 11 is 0. The van der Waals surface area contributed by atoms with Crippen LogP contribution < -0.4 is 15.2 Å². The number of aromatic amines is 1. The van der Waals surface area contributed by atoms with E-state index in [1.54, 1.807) is 6.07 Å². The maximum absolute atomic E-state index is 11.3. The maximum Gasteiger partial charge on any atom is 0.417 e. The summed E-state index contributed by atoms with van der Waals surface area (Å²) in [5.74, 6) is 0.966. The normalized spacial score (nSPS) is 17.3. The molecule has 1 atom stereocenters. The number of oxazole rings is 1. The molecule has 1 unspecified atom stereocenters. The van der Waals surface area contributed by atoms with E-state index < -0.39 is 5.76 Å². The molecule has 5 heteroatoms. The zero-order valence-corrected chi connectivity index (χ0v) is 10.5. The predicted octanol–water partition coefficient (Wildman–Crippen LogP) is 2.63. The Morgan fingerprint density at radius 3 is 2.80 bits per heavy atom. The van der Waals surface area contributed by atoms with Gasteiger partial charge in [-0.05, 0) is 18.2 Å². The largest absolute Gasteiger partial charge is 0.485 e. The molecule has 100 valence electrons. The molecule has 1 N–H and O–H groups in total. The molecule has 0 bridgehead atoms. The van der Waals surface area contributed by atoms with E-state index in [9.17, 15) is 4.79 Å². The number of hydrogen-bond acceptors (Lipinski definition) is 4. The van der Waals surface area contributed by atoms with Crippen LogP contribution in [0, 0.1) is 0 Å². The van der Waals surface area contributed by atoms with Crippen molar-refractivity contribution in [2.45, 2.75) is 6.10 Å². The molecule has 0 radical (unpaired) electrons. The summed E-state index contributed by atoms with van der Waals surface area (Å²) in [5.41, 5.74) is 2.03. The van der Waals surface area contributed by atoms with Gasteiger partial charge >= 0.3 is 5.76 Å². The Balaban J connectivity index is 1.79. The second-order valence-corrected chi connectivity index (χ2v) is 4.60. The first-order chi connectivity index (χ1) is 9.81. The smallest absolute Gasteiger partial charge is 0.417 e. The number of hydrogen-bond donors (Lipinski definition) is 1. The van der Waals surface area contributed by atoms with Gasteiger partial charge in [-0.15, -0.1) is 0 Å². The van der Waals surface area contributed by atoms with Crippen LogP contribution in [0.3, 0.4) is 0 Å². The summed E-state index contributed by atoms with van der Waals surface area (Å²) in [6.07, 6.45) is -0.276. The van der Waals surface area contributed by atoms with Crippen molar-refractivity contribution in [1.29, 1.82) is 0 Å². The first-order valence-electron chi connectivity index (χ1n) is 6.31. The highest BCUT2D eigenvalue weighted by atomic mass is 16.6. The number of fused-ring (bicyclic) bond motifs is 2. The van der Waals surface area contributed by atoms with Gasteiger partial charge < -0.3 is 13.9 Å². The first-order valence-corrected chi connectivity index (χ1v) is 6.31. The lowest BCUT2D eigenvalue weighted by molar-refractivity contribution is 0.0921. The van der Waals surface area contributed by atoms with Crippen molar-refractivity contribution in [2.24, 2.45) is 0 Å². The number of benzene rings is 2. The fourth-order valence-corrected chi connectivity index (χ4v) is 2.44. The fraction of sp³-hybridized carbons (Fsp3) is 0.133. The minimum atomic E-state index is -0.468. The van der Waals surface area contributed by atoms with E-state index in [0.717, 1.165) is 11.3 Å². The van der Waals surface area contributed by atoms with Gasteiger partial charge in [0.15, 0.2) is 23.2 Å². The highest BCUT2D eigenvalue weighted by molar-refractivity contribution is 5.76. The number of aromatic nitrogens is 1. The molecule has 0 aliphatic carbocycles. The van der Waals surface area contributed by atoms with Crippen LogP contribution in [0.5, 0.6) is 11.5 Å². The van der Waals surface area contributed by atoms with Gasteiger partial charge in [-0.1, -0.05) is 24.3 Å². The van der Waals surface area contributed by atoms with Crippen LogP contribution in [0.4, 0.5) is 0 Å². The number of para-hydroxylation sites is 3. The van der Waals surface area contributed by atoms with E-state index >= 15 is 0 Å². The molecule has 0 fully saturated rings. The summed E-state index contributed by atoms with van der Waals surface area (Å²) in [5, 5.41) is 0. The van der Waals surface area contributed by atoms with E-state index in [0.29, 0.717) is 23.5 Å². The zero-order chi connectivity index (χ0) is 13.5. The molecule has 1 aromatic heterocycles. The van der Waals surface area contributed by atoms with Gasteiger partial charge in [-0.3, -0.25) is 4.98 Å². The van der Waals surface area contributed by atoms with E-state index in [4.69, 9.17) is 13.9 Å². The third-order valence-electron chi connectivity index (χ3n) is 3.34. The molecule has 0 saturated carbocycles. The van der Waals surface area contributed by atoms with Crippen molar-refractivity contribution >= 4 is 11.1 Å². The zero-order valence-electron chi connectivity index (χ0n) is 10.5. The Bertz CT molecular complexity index is 833. The third kappa shape index (κ3) is 1.67. The van der Waals surface area contributed by atoms with Gasteiger partial charge in [0.2, 0.25) is 0 Å². The molecule has 0 saturated heterocycles. The number of ether oxygens (including phenoxy) is 2. The number of rotatable bonds is 1. The van der Waals surface area contributed by atoms with E-state index in [2.05, 4.69) is 4.98 Å². The average molecular weight is 269 g/mol. The van der Waals surface area contributed by atoms with Crippen molar-refractivity contribution in [2.75, 3.05) is 6.61 Å². The minimum Gasteiger partial charge on any atom is -0.485 e. The lowest BCUT2D eigenvalue weighted by atomic mass is 10.1. The fourth-order valence-electron chi connectivity index (χ4n) is 2.44. The van der Waals surface area contributed by atoms with Crippen LogP contribution in [-0.2, 0) is 0 Å². The lowest BCUT2D eigenvalue weighted by Crippen LogP contribution is -2.21. The molecular formula is C15H11NO4. The van der Waals surface area contributed by atoms with Crippen molar-refractivity contribution in [1.82, 2.24) is 4.98 Å². The summed E-state index contributed by atoms with van der Waals surface area (Å²) in [6, 6.07) is 13.0. The molecule has 1 aliphatic heterocycles. The average Bonchev–Trinajstić information content (AvgIpc) is 2.86. The minimum absolute atomic E-state index is 0.276. The first kappa shape index (κ1) is 11.2. The van der Waals surface area contributed by atoms with Crippen LogP contribution in [0.2, 0.25) is 0 Å².